The van der Waals surface area contributed by atoms with Gasteiger partial charge in [-0.1, -0.05) is 13.8 Å². The number of ether oxygens (including phenoxy) is 3. The number of imidazole rings is 1. The zero-order chi connectivity index (χ0) is 23.1. The minimum absolute atomic E-state index is 0.189. The highest BCUT2D eigenvalue weighted by Crippen LogP contribution is 2.40. The van der Waals surface area contributed by atoms with Crippen molar-refractivity contribution in [3.05, 3.63) is 36.7 Å². The average Bonchev–Trinajstić information content (AvgIpc) is 3.40. The van der Waals surface area contributed by atoms with Crippen LogP contribution in [0.4, 0.5) is 11.6 Å². The standard InChI is InChI=1S/C23H27N7O3/c1-13(2)21-27-22(16-10-25-30(14-6-7-14)23(16)28-21)26-19-11-29(12-24-19)15-8-17(31-3)20(33-5)18(9-15)32-4/h8-14H,6-7H2,1-5H3,(H,26,27,28). The molecule has 1 saturated carbocycles. The van der Waals surface area contributed by atoms with Crippen LogP contribution in [0.25, 0.3) is 16.7 Å². The van der Waals surface area contributed by atoms with Gasteiger partial charge in [0.15, 0.2) is 17.1 Å². The molecular formula is C23H27N7O3. The SMILES string of the molecule is COc1cc(-n2cnc(Nc3nc(C(C)C)nc4c3cnn4C3CC3)c2)cc(OC)c1OC. The van der Waals surface area contributed by atoms with Crippen LogP contribution in [0.1, 0.15) is 44.5 Å². The number of hydrogen-bond acceptors (Lipinski definition) is 8. The first-order valence-corrected chi connectivity index (χ1v) is 10.9. The van der Waals surface area contributed by atoms with Gasteiger partial charge in [-0.15, -0.1) is 0 Å². The maximum Gasteiger partial charge on any atom is 0.203 e. The van der Waals surface area contributed by atoms with Crippen molar-refractivity contribution in [1.29, 1.82) is 0 Å². The number of rotatable bonds is 8. The monoisotopic (exact) mass is 449 g/mol. The molecule has 10 nitrogen and oxygen atoms in total. The zero-order valence-corrected chi connectivity index (χ0v) is 19.4. The lowest BCUT2D eigenvalue weighted by Crippen LogP contribution is -2.05. The molecule has 10 heteroatoms. The maximum absolute atomic E-state index is 5.47. The van der Waals surface area contributed by atoms with Crippen LogP contribution < -0.4 is 19.5 Å². The summed E-state index contributed by atoms with van der Waals surface area (Å²) >= 11 is 0. The van der Waals surface area contributed by atoms with Crippen LogP contribution in [-0.4, -0.2) is 50.6 Å². The Morgan fingerprint density at radius 1 is 1.03 bits per heavy atom. The minimum atomic E-state index is 0.189. The van der Waals surface area contributed by atoms with Gasteiger partial charge < -0.3 is 24.1 Å². The van der Waals surface area contributed by atoms with Crippen molar-refractivity contribution in [1.82, 2.24) is 29.3 Å². The lowest BCUT2D eigenvalue weighted by molar-refractivity contribution is 0.324. The molecular weight excluding hydrogens is 422 g/mol. The predicted octanol–water partition coefficient (Wildman–Crippen LogP) is 4.24. The minimum Gasteiger partial charge on any atom is -0.493 e. The Labute approximate surface area is 191 Å². The van der Waals surface area contributed by atoms with E-state index < -0.39 is 0 Å². The van der Waals surface area contributed by atoms with Crippen molar-refractivity contribution in [3.63, 3.8) is 0 Å². The van der Waals surface area contributed by atoms with Gasteiger partial charge in [0.1, 0.15) is 23.8 Å². The van der Waals surface area contributed by atoms with Crippen LogP contribution in [0.3, 0.4) is 0 Å². The first-order chi connectivity index (χ1) is 16.0. The Hall–Kier alpha value is -3.82. The summed E-state index contributed by atoms with van der Waals surface area (Å²) in [5.74, 6) is 4.00. The molecule has 0 radical (unpaired) electrons. The van der Waals surface area contributed by atoms with Crippen LogP contribution in [0.15, 0.2) is 30.9 Å². The van der Waals surface area contributed by atoms with Crippen molar-refractivity contribution in [2.45, 2.75) is 38.6 Å². The smallest absolute Gasteiger partial charge is 0.203 e. The highest BCUT2D eigenvalue weighted by atomic mass is 16.5. The summed E-state index contributed by atoms with van der Waals surface area (Å²) in [4.78, 5) is 14.1. The summed E-state index contributed by atoms with van der Waals surface area (Å²) in [6.45, 7) is 4.17. The number of hydrogen-bond donors (Lipinski definition) is 1. The van der Waals surface area contributed by atoms with Crippen LogP contribution in [0.5, 0.6) is 17.2 Å². The first kappa shape index (κ1) is 21.0. The topological polar surface area (TPSA) is 101 Å². The molecule has 0 amide bonds. The molecule has 0 saturated heterocycles. The maximum atomic E-state index is 5.47. The summed E-state index contributed by atoms with van der Waals surface area (Å²) in [5.41, 5.74) is 1.69. The second-order valence-corrected chi connectivity index (χ2v) is 8.32. The van der Waals surface area contributed by atoms with Gasteiger partial charge in [0.25, 0.3) is 0 Å². The summed E-state index contributed by atoms with van der Waals surface area (Å²) < 4.78 is 20.3. The Morgan fingerprint density at radius 2 is 1.76 bits per heavy atom. The first-order valence-electron chi connectivity index (χ1n) is 10.9. The van der Waals surface area contributed by atoms with Crippen LogP contribution in [0.2, 0.25) is 0 Å². The van der Waals surface area contributed by atoms with Gasteiger partial charge in [0.05, 0.1) is 50.8 Å². The highest BCUT2D eigenvalue weighted by Gasteiger charge is 2.28. The second-order valence-electron chi connectivity index (χ2n) is 8.32. The van der Waals surface area contributed by atoms with Crippen molar-refractivity contribution >= 4 is 22.7 Å². The lowest BCUT2D eigenvalue weighted by Gasteiger charge is -2.14. The summed E-state index contributed by atoms with van der Waals surface area (Å²) in [6.07, 6.45) is 7.71. The molecule has 0 bridgehead atoms. The van der Waals surface area contributed by atoms with Crippen LogP contribution >= 0.6 is 0 Å². The molecule has 3 heterocycles. The summed E-state index contributed by atoms with van der Waals surface area (Å²) in [6, 6.07) is 4.17. The van der Waals surface area contributed by atoms with Crippen LogP contribution in [0, 0.1) is 0 Å². The Morgan fingerprint density at radius 3 is 2.36 bits per heavy atom. The van der Waals surface area contributed by atoms with Gasteiger partial charge in [-0.05, 0) is 12.8 Å². The number of benzene rings is 1. The van der Waals surface area contributed by atoms with E-state index in [1.165, 1.54) is 0 Å². The largest absolute Gasteiger partial charge is 0.493 e. The number of fused-ring (bicyclic) bond motifs is 1. The van der Waals surface area contributed by atoms with Crippen molar-refractivity contribution in [2.75, 3.05) is 26.6 Å². The molecule has 33 heavy (non-hydrogen) atoms. The van der Waals surface area contributed by atoms with Crippen molar-refractivity contribution in [2.24, 2.45) is 0 Å². The van der Waals surface area contributed by atoms with E-state index in [-0.39, 0.29) is 5.92 Å². The molecule has 4 aromatic rings. The highest BCUT2D eigenvalue weighted by molar-refractivity contribution is 5.88. The fraction of sp³-hybridized carbons (Fsp3) is 0.391. The molecule has 0 aliphatic heterocycles. The number of nitrogens with one attached hydrogen (secondary N) is 1. The molecule has 1 aliphatic carbocycles. The summed E-state index contributed by atoms with van der Waals surface area (Å²) in [7, 11) is 4.77. The number of methoxy groups -OCH3 is 3. The van der Waals surface area contributed by atoms with E-state index in [9.17, 15) is 0 Å². The normalized spacial score (nSPS) is 13.5. The Kier molecular flexibility index (Phi) is 5.27. The van der Waals surface area contributed by atoms with Gasteiger partial charge in [-0.2, -0.15) is 5.10 Å². The van der Waals surface area contributed by atoms with Crippen LogP contribution in [-0.2, 0) is 0 Å². The molecule has 5 rings (SSSR count). The van der Waals surface area contributed by atoms with E-state index in [0.29, 0.717) is 34.9 Å². The third-order valence-electron chi connectivity index (χ3n) is 5.66. The Balaban J connectivity index is 1.51. The molecule has 3 aromatic heterocycles. The van der Waals surface area contributed by atoms with Crippen molar-refractivity contribution < 1.29 is 14.2 Å². The van der Waals surface area contributed by atoms with Gasteiger partial charge >= 0.3 is 0 Å². The van der Waals surface area contributed by atoms with Gasteiger partial charge in [-0.3, -0.25) is 0 Å². The third-order valence-corrected chi connectivity index (χ3v) is 5.66. The van der Waals surface area contributed by atoms with E-state index in [0.717, 1.165) is 35.4 Å². The fourth-order valence-corrected chi connectivity index (χ4v) is 3.75. The molecule has 1 N–H and O–H groups in total. The average molecular weight is 450 g/mol. The molecule has 0 spiro atoms. The van der Waals surface area contributed by atoms with E-state index in [2.05, 4.69) is 29.2 Å². The molecule has 1 aliphatic rings. The Bertz CT molecular complexity index is 1280. The van der Waals surface area contributed by atoms with E-state index >= 15 is 0 Å². The predicted molar refractivity (Wildman–Crippen MR) is 124 cm³/mol. The summed E-state index contributed by atoms with van der Waals surface area (Å²) in [5, 5.41) is 8.82. The number of aromatic nitrogens is 6. The number of anilines is 2. The van der Waals surface area contributed by atoms with Gasteiger partial charge in [-0.25, -0.2) is 19.6 Å². The zero-order valence-electron chi connectivity index (χ0n) is 19.4. The lowest BCUT2D eigenvalue weighted by atomic mass is 10.2. The molecule has 0 unspecified atom stereocenters. The van der Waals surface area contributed by atoms with Gasteiger partial charge in [0.2, 0.25) is 5.75 Å². The van der Waals surface area contributed by atoms with E-state index in [1.807, 2.05) is 33.8 Å². The van der Waals surface area contributed by atoms with E-state index in [4.69, 9.17) is 24.2 Å². The van der Waals surface area contributed by atoms with Gasteiger partial charge in [0, 0.05) is 18.1 Å². The number of nitrogens with zero attached hydrogens (tertiary/aromatic N) is 6. The molecule has 172 valence electrons. The molecule has 0 atom stereocenters. The van der Waals surface area contributed by atoms with Crippen molar-refractivity contribution in [3.8, 4) is 22.9 Å². The quantitative estimate of drug-likeness (QED) is 0.426. The molecule has 1 fully saturated rings. The fourth-order valence-electron chi connectivity index (χ4n) is 3.75. The third kappa shape index (κ3) is 3.81. The second kappa shape index (κ2) is 8.27. The molecule has 1 aromatic carbocycles. The van der Waals surface area contributed by atoms with E-state index in [1.54, 1.807) is 27.7 Å².